The Labute approximate surface area is 177 Å². The van der Waals surface area contributed by atoms with E-state index in [1.165, 1.54) is 38.4 Å². The minimum Gasteiger partial charge on any atom is -0.495 e. The molecule has 3 aromatic rings. The largest absolute Gasteiger partial charge is 0.495 e. The van der Waals surface area contributed by atoms with Gasteiger partial charge in [0.05, 0.1) is 17.7 Å². The van der Waals surface area contributed by atoms with E-state index in [4.69, 9.17) is 4.74 Å². The Morgan fingerprint density at radius 2 is 1.60 bits per heavy atom. The van der Waals surface area contributed by atoms with Gasteiger partial charge in [-0.2, -0.15) is 0 Å². The average molecular weight is 425 g/mol. The summed E-state index contributed by atoms with van der Waals surface area (Å²) in [6.45, 7) is 2.40. The lowest BCUT2D eigenvalue weighted by Crippen LogP contribution is -2.27. The van der Waals surface area contributed by atoms with Crippen LogP contribution in [0.1, 0.15) is 21.5 Å². The van der Waals surface area contributed by atoms with Crippen LogP contribution in [-0.2, 0) is 16.6 Å². The van der Waals surface area contributed by atoms with Crippen molar-refractivity contribution in [2.75, 3.05) is 18.5 Å². The molecular weight excluding hydrogens is 400 g/mol. The van der Waals surface area contributed by atoms with E-state index in [9.17, 15) is 13.2 Å². The van der Waals surface area contributed by atoms with E-state index in [2.05, 4.69) is 5.32 Å². The van der Waals surface area contributed by atoms with Crippen LogP contribution in [0.25, 0.3) is 0 Å². The van der Waals surface area contributed by atoms with E-state index >= 15 is 0 Å². The predicted octanol–water partition coefficient (Wildman–Crippen LogP) is 3.76. The molecule has 7 heteroatoms. The zero-order chi connectivity index (χ0) is 21.7. The number of sulfonamides is 1. The molecule has 0 aliphatic carbocycles. The SMILES string of the molecule is COc1ccccc1N(C)S(=O)(=O)c1ccc(C(=O)NCc2ccc(C)cc2)cc1. The normalized spacial score (nSPS) is 11.0. The van der Waals surface area contributed by atoms with Crippen LogP contribution in [0.4, 0.5) is 5.69 Å². The summed E-state index contributed by atoms with van der Waals surface area (Å²) in [6.07, 6.45) is 0. The highest BCUT2D eigenvalue weighted by Crippen LogP contribution is 2.30. The summed E-state index contributed by atoms with van der Waals surface area (Å²) >= 11 is 0. The fraction of sp³-hybridized carbons (Fsp3) is 0.174. The third kappa shape index (κ3) is 4.63. The second-order valence-corrected chi connectivity index (χ2v) is 8.81. The number of rotatable bonds is 7. The molecule has 3 aromatic carbocycles. The second-order valence-electron chi connectivity index (χ2n) is 6.84. The van der Waals surface area contributed by atoms with E-state index < -0.39 is 10.0 Å². The monoisotopic (exact) mass is 424 g/mol. The summed E-state index contributed by atoms with van der Waals surface area (Å²) < 4.78 is 32.4. The van der Waals surface area contributed by atoms with E-state index in [0.29, 0.717) is 23.5 Å². The van der Waals surface area contributed by atoms with Crippen molar-refractivity contribution >= 4 is 21.6 Å². The molecule has 0 radical (unpaired) electrons. The number of para-hydroxylation sites is 2. The van der Waals surface area contributed by atoms with Crippen molar-refractivity contribution in [2.45, 2.75) is 18.4 Å². The third-order valence-corrected chi connectivity index (χ3v) is 6.56. The number of nitrogens with zero attached hydrogens (tertiary/aromatic N) is 1. The van der Waals surface area contributed by atoms with Crippen LogP contribution in [0.3, 0.4) is 0 Å². The number of aryl methyl sites for hydroxylation is 1. The summed E-state index contributed by atoms with van der Waals surface area (Å²) in [7, 11) is -0.848. The van der Waals surface area contributed by atoms with Gasteiger partial charge in [-0.05, 0) is 48.9 Å². The highest BCUT2D eigenvalue weighted by Gasteiger charge is 2.23. The molecule has 0 aliphatic heterocycles. The van der Waals surface area contributed by atoms with Crippen molar-refractivity contribution in [3.63, 3.8) is 0 Å². The van der Waals surface area contributed by atoms with Gasteiger partial charge in [-0.1, -0.05) is 42.0 Å². The highest BCUT2D eigenvalue weighted by molar-refractivity contribution is 7.92. The zero-order valence-electron chi connectivity index (χ0n) is 17.1. The Morgan fingerprint density at radius 1 is 0.967 bits per heavy atom. The molecule has 0 unspecified atom stereocenters. The molecule has 30 heavy (non-hydrogen) atoms. The summed E-state index contributed by atoms with van der Waals surface area (Å²) in [6, 6.07) is 20.6. The molecule has 0 saturated heterocycles. The lowest BCUT2D eigenvalue weighted by molar-refractivity contribution is 0.0951. The predicted molar refractivity (Wildman–Crippen MR) is 117 cm³/mol. The Hall–Kier alpha value is -3.32. The topological polar surface area (TPSA) is 75.7 Å². The zero-order valence-corrected chi connectivity index (χ0v) is 17.9. The maximum atomic E-state index is 13.0. The number of benzene rings is 3. The average Bonchev–Trinajstić information content (AvgIpc) is 2.78. The van der Waals surface area contributed by atoms with Gasteiger partial charge in [0.2, 0.25) is 0 Å². The minimum absolute atomic E-state index is 0.0889. The second kappa shape index (κ2) is 9.00. The van der Waals surface area contributed by atoms with Gasteiger partial charge in [0.25, 0.3) is 15.9 Å². The van der Waals surface area contributed by atoms with Gasteiger partial charge in [0.15, 0.2) is 0 Å². The first-order valence-corrected chi connectivity index (χ1v) is 10.8. The highest BCUT2D eigenvalue weighted by atomic mass is 32.2. The van der Waals surface area contributed by atoms with Crippen LogP contribution in [0.15, 0.2) is 77.7 Å². The number of anilines is 1. The maximum Gasteiger partial charge on any atom is 0.264 e. The summed E-state index contributed by atoms with van der Waals surface area (Å²) in [4.78, 5) is 12.5. The smallest absolute Gasteiger partial charge is 0.264 e. The first-order valence-electron chi connectivity index (χ1n) is 9.38. The molecule has 1 amide bonds. The number of methoxy groups -OCH3 is 1. The van der Waals surface area contributed by atoms with E-state index in [1.54, 1.807) is 24.3 Å². The van der Waals surface area contributed by atoms with Crippen molar-refractivity contribution in [1.82, 2.24) is 5.32 Å². The molecule has 0 heterocycles. The van der Waals surface area contributed by atoms with Gasteiger partial charge >= 0.3 is 0 Å². The lowest BCUT2D eigenvalue weighted by atomic mass is 10.1. The molecule has 0 aromatic heterocycles. The van der Waals surface area contributed by atoms with Gasteiger partial charge in [-0.3, -0.25) is 9.10 Å². The first-order chi connectivity index (χ1) is 14.3. The van der Waals surface area contributed by atoms with Crippen molar-refractivity contribution in [3.05, 3.63) is 89.5 Å². The fourth-order valence-electron chi connectivity index (χ4n) is 2.95. The number of carbonyl (C=O) groups is 1. The molecule has 0 spiro atoms. The van der Waals surface area contributed by atoms with Crippen molar-refractivity contribution < 1.29 is 17.9 Å². The van der Waals surface area contributed by atoms with Gasteiger partial charge in [-0.15, -0.1) is 0 Å². The quantitative estimate of drug-likeness (QED) is 0.627. The summed E-state index contributed by atoms with van der Waals surface area (Å²) in [5, 5.41) is 2.84. The fourth-order valence-corrected chi connectivity index (χ4v) is 4.15. The Morgan fingerprint density at radius 3 is 2.23 bits per heavy atom. The van der Waals surface area contributed by atoms with Crippen LogP contribution in [0.2, 0.25) is 0 Å². The molecule has 0 bridgehead atoms. The maximum absolute atomic E-state index is 13.0. The van der Waals surface area contributed by atoms with E-state index in [1.807, 2.05) is 31.2 Å². The summed E-state index contributed by atoms with van der Waals surface area (Å²) in [5.74, 6) is 0.188. The number of ether oxygens (including phenoxy) is 1. The molecule has 0 atom stereocenters. The van der Waals surface area contributed by atoms with Gasteiger partial charge < -0.3 is 10.1 Å². The minimum atomic E-state index is -3.80. The van der Waals surface area contributed by atoms with E-state index in [-0.39, 0.29) is 10.8 Å². The number of amides is 1. The van der Waals surface area contributed by atoms with Gasteiger partial charge in [0.1, 0.15) is 5.75 Å². The molecule has 1 N–H and O–H groups in total. The molecule has 156 valence electrons. The Balaban J connectivity index is 1.73. The van der Waals surface area contributed by atoms with Gasteiger partial charge in [-0.25, -0.2) is 8.42 Å². The Kier molecular flexibility index (Phi) is 6.42. The molecule has 3 rings (SSSR count). The Bertz CT molecular complexity index is 1120. The number of carbonyl (C=O) groups excluding carboxylic acids is 1. The number of hydrogen-bond acceptors (Lipinski definition) is 4. The molecule has 0 saturated carbocycles. The van der Waals surface area contributed by atoms with E-state index in [0.717, 1.165) is 15.4 Å². The molecule has 6 nitrogen and oxygen atoms in total. The number of nitrogens with one attached hydrogen (secondary N) is 1. The molecular formula is C23H24N2O4S. The summed E-state index contributed by atoms with van der Waals surface area (Å²) in [5.41, 5.74) is 2.97. The first kappa shape index (κ1) is 21.4. The van der Waals surface area contributed by atoms with Gasteiger partial charge in [0, 0.05) is 19.2 Å². The van der Waals surface area contributed by atoms with Crippen LogP contribution in [-0.4, -0.2) is 28.5 Å². The third-order valence-electron chi connectivity index (χ3n) is 4.77. The molecule has 0 aliphatic rings. The lowest BCUT2D eigenvalue weighted by Gasteiger charge is -2.21. The molecule has 0 fully saturated rings. The number of hydrogen-bond donors (Lipinski definition) is 1. The van der Waals surface area contributed by atoms with Crippen molar-refractivity contribution in [1.29, 1.82) is 0 Å². The van der Waals surface area contributed by atoms with Crippen molar-refractivity contribution in [3.8, 4) is 5.75 Å². The van der Waals surface area contributed by atoms with Crippen LogP contribution in [0, 0.1) is 6.92 Å². The van der Waals surface area contributed by atoms with Crippen LogP contribution in [0.5, 0.6) is 5.75 Å². The standard InChI is InChI=1S/C23H24N2O4S/c1-17-8-10-18(11-9-17)16-24-23(26)19-12-14-20(15-13-19)30(27,28)25(2)21-6-4-5-7-22(21)29-3/h4-15H,16H2,1-3H3,(H,24,26). The van der Waals surface area contributed by atoms with Crippen LogP contribution < -0.4 is 14.4 Å². The van der Waals surface area contributed by atoms with Crippen LogP contribution >= 0.6 is 0 Å². The van der Waals surface area contributed by atoms with Crippen molar-refractivity contribution in [2.24, 2.45) is 0 Å².